The number of hydrogen-bond donors (Lipinski definition) is 0. The van der Waals surface area contributed by atoms with Crippen molar-refractivity contribution in [3.05, 3.63) is 35.4 Å². The van der Waals surface area contributed by atoms with E-state index in [2.05, 4.69) is 20.8 Å². The van der Waals surface area contributed by atoms with Gasteiger partial charge in [-0.15, -0.1) is 0 Å². The zero-order valence-corrected chi connectivity index (χ0v) is 15.3. The molecule has 4 nitrogen and oxygen atoms in total. The molecular weight excluding hydrogens is 304 g/mol. The van der Waals surface area contributed by atoms with Crippen LogP contribution in [0.1, 0.15) is 80.5 Å². The molecule has 0 saturated heterocycles. The van der Waals surface area contributed by atoms with Crippen LogP contribution in [-0.4, -0.2) is 24.6 Å². The van der Waals surface area contributed by atoms with E-state index in [4.69, 9.17) is 9.47 Å². The standard InChI is InChI=1S/C20H30O4/c1-5-9-18(6-2)24-20(22)17-12-7-11-16(14-17)19(21)23-13-8-10-15(3)4/h7,11-12,14-15,18H,5-6,8-10,13H2,1-4H3. The molecule has 1 aromatic rings. The lowest BCUT2D eigenvalue weighted by Crippen LogP contribution is -2.18. The van der Waals surface area contributed by atoms with Crippen molar-refractivity contribution in [1.82, 2.24) is 0 Å². The first-order valence-corrected chi connectivity index (χ1v) is 8.96. The van der Waals surface area contributed by atoms with Crippen LogP contribution in [0, 0.1) is 5.92 Å². The SMILES string of the molecule is CCCC(CC)OC(=O)c1cccc(C(=O)OCCCC(C)C)c1. The van der Waals surface area contributed by atoms with E-state index in [0.717, 1.165) is 32.1 Å². The van der Waals surface area contributed by atoms with Crippen molar-refractivity contribution in [2.24, 2.45) is 5.92 Å². The third-order valence-electron chi connectivity index (χ3n) is 3.83. The Bertz CT molecular complexity index is 522. The number of benzene rings is 1. The minimum Gasteiger partial charge on any atom is -0.462 e. The second-order valence-corrected chi connectivity index (χ2v) is 6.48. The summed E-state index contributed by atoms with van der Waals surface area (Å²) >= 11 is 0. The highest BCUT2D eigenvalue weighted by molar-refractivity contribution is 5.95. The van der Waals surface area contributed by atoms with Crippen LogP contribution in [0.5, 0.6) is 0 Å². The number of rotatable bonds is 10. The van der Waals surface area contributed by atoms with Gasteiger partial charge in [-0.25, -0.2) is 9.59 Å². The zero-order chi connectivity index (χ0) is 17.9. The lowest BCUT2D eigenvalue weighted by molar-refractivity contribution is 0.0271. The summed E-state index contributed by atoms with van der Waals surface area (Å²) in [5.41, 5.74) is 0.777. The Morgan fingerprint density at radius 1 is 1.04 bits per heavy atom. The van der Waals surface area contributed by atoms with Gasteiger partial charge >= 0.3 is 11.9 Å². The van der Waals surface area contributed by atoms with E-state index in [-0.39, 0.29) is 12.1 Å². The molecule has 0 radical (unpaired) electrons. The molecule has 0 aliphatic heterocycles. The van der Waals surface area contributed by atoms with Crippen molar-refractivity contribution < 1.29 is 19.1 Å². The van der Waals surface area contributed by atoms with E-state index in [1.165, 1.54) is 0 Å². The molecule has 1 aromatic carbocycles. The largest absolute Gasteiger partial charge is 0.462 e. The van der Waals surface area contributed by atoms with Gasteiger partial charge in [0.1, 0.15) is 6.10 Å². The predicted molar refractivity (Wildman–Crippen MR) is 95.2 cm³/mol. The van der Waals surface area contributed by atoms with Gasteiger partial charge in [-0.3, -0.25) is 0 Å². The first kappa shape index (κ1) is 20.2. The maximum Gasteiger partial charge on any atom is 0.338 e. The molecule has 1 rings (SSSR count). The summed E-state index contributed by atoms with van der Waals surface area (Å²) < 4.78 is 10.8. The molecule has 24 heavy (non-hydrogen) atoms. The molecule has 4 heteroatoms. The van der Waals surface area contributed by atoms with Crippen LogP contribution in [-0.2, 0) is 9.47 Å². The monoisotopic (exact) mass is 334 g/mol. The van der Waals surface area contributed by atoms with Crippen molar-refractivity contribution in [3.8, 4) is 0 Å². The van der Waals surface area contributed by atoms with Crippen LogP contribution in [0.3, 0.4) is 0 Å². The smallest absolute Gasteiger partial charge is 0.338 e. The Morgan fingerprint density at radius 2 is 1.71 bits per heavy atom. The Morgan fingerprint density at radius 3 is 2.29 bits per heavy atom. The first-order chi connectivity index (χ1) is 11.5. The highest BCUT2D eigenvalue weighted by atomic mass is 16.5. The Kier molecular flexibility index (Phi) is 9.13. The molecule has 0 fully saturated rings. The normalized spacial score (nSPS) is 12.0. The highest BCUT2D eigenvalue weighted by Crippen LogP contribution is 2.13. The van der Waals surface area contributed by atoms with E-state index >= 15 is 0 Å². The fourth-order valence-corrected chi connectivity index (χ4v) is 2.40. The molecule has 0 aliphatic carbocycles. The molecule has 134 valence electrons. The van der Waals surface area contributed by atoms with Gasteiger partial charge in [0.2, 0.25) is 0 Å². The number of carbonyl (C=O) groups excluding carboxylic acids is 2. The minimum absolute atomic E-state index is 0.0749. The van der Waals surface area contributed by atoms with Crippen molar-refractivity contribution in [2.75, 3.05) is 6.61 Å². The average Bonchev–Trinajstić information content (AvgIpc) is 2.57. The molecule has 0 spiro atoms. The molecule has 0 heterocycles. The fraction of sp³-hybridized carbons (Fsp3) is 0.600. The van der Waals surface area contributed by atoms with Gasteiger partial charge in [0.15, 0.2) is 0 Å². The molecule has 0 aromatic heterocycles. The van der Waals surface area contributed by atoms with E-state index in [9.17, 15) is 9.59 Å². The lowest BCUT2D eigenvalue weighted by Gasteiger charge is -2.15. The Balaban J connectivity index is 2.61. The molecular formula is C20H30O4. The number of carbonyl (C=O) groups is 2. The minimum atomic E-state index is -0.394. The van der Waals surface area contributed by atoms with Gasteiger partial charge in [0, 0.05) is 0 Å². The molecule has 0 aliphatic rings. The first-order valence-electron chi connectivity index (χ1n) is 8.96. The summed E-state index contributed by atoms with van der Waals surface area (Å²) in [7, 11) is 0. The van der Waals surface area contributed by atoms with Gasteiger partial charge in [-0.1, -0.05) is 40.2 Å². The summed E-state index contributed by atoms with van der Waals surface area (Å²) in [4.78, 5) is 24.3. The third-order valence-corrected chi connectivity index (χ3v) is 3.83. The van der Waals surface area contributed by atoms with E-state index in [0.29, 0.717) is 23.7 Å². The van der Waals surface area contributed by atoms with Crippen molar-refractivity contribution in [1.29, 1.82) is 0 Å². The molecule has 1 atom stereocenters. The van der Waals surface area contributed by atoms with E-state index in [1.807, 2.05) is 6.92 Å². The van der Waals surface area contributed by atoms with Gasteiger partial charge in [-0.05, 0) is 49.8 Å². The summed E-state index contributed by atoms with van der Waals surface area (Å²) in [5, 5.41) is 0. The Labute approximate surface area is 145 Å². The van der Waals surface area contributed by atoms with Crippen LogP contribution in [0.2, 0.25) is 0 Å². The number of hydrogen-bond acceptors (Lipinski definition) is 4. The van der Waals surface area contributed by atoms with Crippen LogP contribution in [0.4, 0.5) is 0 Å². The van der Waals surface area contributed by atoms with Crippen LogP contribution < -0.4 is 0 Å². The maximum atomic E-state index is 12.2. The third kappa shape index (κ3) is 7.16. The summed E-state index contributed by atoms with van der Waals surface area (Å²) in [6.07, 6.45) is 4.40. The van der Waals surface area contributed by atoms with Gasteiger partial charge in [0.05, 0.1) is 17.7 Å². The molecule has 0 bridgehead atoms. The van der Waals surface area contributed by atoms with Crippen LogP contribution in [0.15, 0.2) is 24.3 Å². The van der Waals surface area contributed by atoms with Crippen LogP contribution >= 0.6 is 0 Å². The van der Waals surface area contributed by atoms with Crippen molar-refractivity contribution in [2.45, 2.75) is 65.9 Å². The van der Waals surface area contributed by atoms with Gasteiger partial charge in [0.25, 0.3) is 0 Å². The topological polar surface area (TPSA) is 52.6 Å². The van der Waals surface area contributed by atoms with E-state index in [1.54, 1.807) is 24.3 Å². The summed E-state index contributed by atoms with van der Waals surface area (Å²) in [6, 6.07) is 6.55. The van der Waals surface area contributed by atoms with Crippen molar-refractivity contribution >= 4 is 11.9 Å². The number of ether oxygens (including phenoxy) is 2. The summed E-state index contributed by atoms with van der Waals surface area (Å²) in [5.74, 6) is -0.185. The van der Waals surface area contributed by atoms with Gasteiger partial charge < -0.3 is 9.47 Å². The van der Waals surface area contributed by atoms with Crippen LogP contribution in [0.25, 0.3) is 0 Å². The maximum absolute atomic E-state index is 12.2. The highest BCUT2D eigenvalue weighted by Gasteiger charge is 2.16. The quantitative estimate of drug-likeness (QED) is 0.445. The predicted octanol–water partition coefficient (Wildman–Crippen LogP) is 5.02. The molecule has 0 N–H and O–H groups in total. The molecule has 1 unspecified atom stereocenters. The van der Waals surface area contributed by atoms with Gasteiger partial charge in [-0.2, -0.15) is 0 Å². The number of esters is 2. The Hall–Kier alpha value is -1.84. The molecule has 0 saturated carbocycles. The fourth-order valence-electron chi connectivity index (χ4n) is 2.40. The summed E-state index contributed by atoms with van der Waals surface area (Å²) in [6.45, 7) is 8.74. The molecule has 0 amide bonds. The zero-order valence-electron chi connectivity index (χ0n) is 15.3. The van der Waals surface area contributed by atoms with Crippen molar-refractivity contribution in [3.63, 3.8) is 0 Å². The average molecular weight is 334 g/mol. The van der Waals surface area contributed by atoms with E-state index < -0.39 is 5.97 Å². The second-order valence-electron chi connectivity index (χ2n) is 6.48. The second kappa shape index (κ2) is 10.8. The lowest BCUT2D eigenvalue weighted by atomic mass is 10.1.